The third kappa shape index (κ3) is 3.22. The summed E-state index contributed by atoms with van der Waals surface area (Å²) in [6.07, 6.45) is 3.28. The molecule has 0 saturated heterocycles. The standard InChI is InChI=1S/C12H19ClN4S/c1-8-12(13)10(16(2)15-8)7-17(9-3-4-9)6-5-11(14)18/h9H,3-7H2,1-2H3,(H2,14,18). The molecule has 1 heterocycles. The van der Waals surface area contributed by atoms with Crippen molar-refractivity contribution in [2.75, 3.05) is 6.54 Å². The lowest BCUT2D eigenvalue weighted by Gasteiger charge is -2.21. The van der Waals surface area contributed by atoms with Gasteiger partial charge in [-0.25, -0.2) is 0 Å². The summed E-state index contributed by atoms with van der Waals surface area (Å²) in [4.78, 5) is 2.98. The molecule has 1 saturated carbocycles. The monoisotopic (exact) mass is 286 g/mol. The van der Waals surface area contributed by atoms with Crippen LogP contribution in [0.4, 0.5) is 0 Å². The summed E-state index contributed by atoms with van der Waals surface area (Å²) < 4.78 is 1.87. The number of nitrogens with zero attached hydrogens (tertiary/aromatic N) is 3. The van der Waals surface area contributed by atoms with Crippen molar-refractivity contribution < 1.29 is 0 Å². The van der Waals surface area contributed by atoms with Gasteiger partial charge in [-0.2, -0.15) is 5.10 Å². The first-order valence-electron chi connectivity index (χ1n) is 6.19. The summed E-state index contributed by atoms with van der Waals surface area (Å²) in [5, 5.41) is 5.12. The van der Waals surface area contributed by atoms with Crippen molar-refractivity contribution in [3.63, 3.8) is 0 Å². The zero-order valence-electron chi connectivity index (χ0n) is 10.8. The zero-order chi connectivity index (χ0) is 13.3. The number of rotatable bonds is 6. The molecule has 0 spiro atoms. The summed E-state index contributed by atoms with van der Waals surface area (Å²) in [5.74, 6) is 0. The van der Waals surface area contributed by atoms with Crippen molar-refractivity contribution in [3.8, 4) is 0 Å². The van der Waals surface area contributed by atoms with Crippen molar-refractivity contribution in [3.05, 3.63) is 16.4 Å². The first-order chi connectivity index (χ1) is 8.49. The highest BCUT2D eigenvalue weighted by atomic mass is 35.5. The molecule has 0 radical (unpaired) electrons. The topological polar surface area (TPSA) is 47.1 Å². The van der Waals surface area contributed by atoms with Crippen LogP contribution in [-0.2, 0) is 13.6 Å². The summed E-state index contributed by atoms with van der Waals surface area (Å²) in [6, 6.07) is 0.658. The second-order valence-electron chi connectivity index (χ2n) is 4.89. The Morgan fingerprint density at radius 3 is 2.72 bits per heavy atom. The molecule has 18 heavy (non-hydrogen) atoms. The number of aryl methyl sites for hydroxylation is 2. The van der Waals surface area contributed by atoms with Gasteiger partial charge in [0, 0.05) is 32.6 Å². The predicted octanol–water partition coefficient (Wildman–Crippen LogP) is 2.02. The molecule has 100 valence electrons. The van der Waals surface area contributed by atoms with E-state index in [1.165, 1.54) is 12.8 Å². The minimum absolute atomic E-state index is 0.577. The molecule has 4 nitrogen and oxygen atoms in total. The van der Waals surface area contributed by atoms with Crippen LogP contribution in [0.25, 0.3) is 0 Å². The molecule has 1 aliphatic rings. The number of hydrogen-bond donors (Lipinski definition) is 1. The summed E-state index contributed by atoms with van der Waals surface area (Å²) in [6.45, 7) is 3.66. The van der Waals surface area contributed by atoms with Gasteiger partial charge in [0.15, 0.2) is 0 Å². The summed E-state index contributed by atoms with van der Waals surface area (Å²) in [7, 11) is 1.94. The van der Waals surface area contributed by atoms with E-state index in [1.54, 1.807) is 0 Å². The van der Waals surface area contributed by atoms with Gasteiger partial charge < -0.3 is 5.73 Å². The van der Waals surface area contributed by atoms with Gasteiger partial charge in [0.25, 0.3) is 0 Å². The van der Waals surface area contributed by atoms with E-state index >= 15 is 0 Å². The van der Waals surface area contributed by atoms with E-state index < -0.39 is 0 Å². The number of aromatic nitrogens is 2. The molecule has 0 unspecified atom stereocenters. The molecule has 1 fully saturated rings. The number of hydrogen-bond acceptors (Lipinski definition) is 3. The van der Waals surface area contributed by atoms with Crippen molar-refractivity contribution in [2.24, 2.45) is 12.8 Å². The van der Waals surface area contributed by atoms with Crippen LogP contribution in [-0.4, -0.2) is 32.3 Å². The fraction of sp³-hybridized carbons (Fsp3) is 0.667. The fourth-order valence-corrected chi connectivity index (χ4v) is 2.44. The van der Waals surface area contributed by atoms with Crippen LogP contribution in [0, 0.1) is 6.92 Å². The molecule has 6 heteroatoms. The molecule has 2 rings (SSSR count). The Morgan fingerprint density at radius 1 is 1.61 bits per heavy atom. The van der Waals surface area contributed by atoms with Crippen LogP contribution in [0.5, 0.6) is 0 Å². The molecule has 0 amide bonds. The second-order valence-corrected chi connectivity index (χ2v) is 5.79. The molecule has 1 aliphatic carbocycles. The molecular formula is C12H19ClN4S. The Labute approximate surface area is 118 Å². The van der Waals surface area contributed by atoms with E-state index in [0.717, 1.165) is 35.9 Å². The smallest absolute Gasteiger partial charge is 0.0860 e. The van der Waals surface area contributed by atoms with Gasteiger partial charge in [-0.05, 0) is 19.8 Å². The third-order valence-electron chi connectivity index (χ3n) is 3.32. The van der Waals surface area contributed by atoms with E-state index in [1.807, 2.05) is 18.7 Å². The number of nitrogens with two attached hydrogens (primary N) is 1. The Bertz CT molecular complexity index is 453. The van der Waals surface area contributed by atoms with Gasteiger partial charge in [-0.1, -0.05) is 23.8 Å². The molecule has 0 bridgehead atoms. The maximum atomic E-state index is 6.29. The molecule has 0 atom stereocenters. The number of halogens is 1. The maximum absolute atomic E-state index is 6.29. The minimum Gasteiger partial charge on any atom is -0.393 e. The highest BCUT2D eigenvalue weighted by molar-refractivity contribution is 7.80. The molecule has 1 aromatic heterocycles. The largest absolute Gasteiger partial charge is 0.393 e. The Balaban J connectivity index is 2.06. The van der Waals surface area contributed by atoms with Crippen molar-refractivity contribution in [1.82, 2.24) is 14.7 Å². The quantitative estimate of drug-likeness (QED) is 0.813. The van der Waals surface area contributed by atoms with E-state index in [0.29, 0.717) is 11.0 Å². The molecule has 1 aromatic rings. The zero-order valence-corrected chi connectivity index (χ0v) is 12.4. The Hall–Kier alpha value is -0.650. The summed E-state index contributed by atoms with van der Waals surface area (Å²) >= 11 is 11.2. The normalized spacial score (nSPS) is 15.3. The second kappa shape index (κ2) is 5.55. The van der Waals surface area contributed by atoms with Gasteiger partial charge in [0.1, 0.15) is 0 Å². The first kappa shape index (κ1) is 13.8. The van der Waals surface area contributed by atoms with Gasteiger partial charge in [-0.3, -0.25) is 9.58 Å². The highest BCUT2D eigenvalue weighted by Crippen LogP contribution is 2.30. The van der Waals surface area contributed by atoms with Crippen LogP contribution in [0.15, 0.2) is 0 Å². The third-order valence-corrected chi connectivity index (χ3v) is 4.02. The average molecular weight is 287 g/mol. The minimum atomic E-state index is 0.577. The summed E-state index contributed by atoms with van der Waals surface area (Å²) in [5.41, 5.74) is 7.54. The van der Waals surface area contributed by atoms with Crippen molar-refractivity contribution >= 4 is 28.8 Å². The van der Waals surface area contributed by atoms with Gasteiger partial charge >= 0.3 is 0 Å². The van der Waals surface area contributed by atoms with Crippen LogP contribution in [0.2, 0.25) is 5.02 Å². The predicted molar refractivity (Wildman–Crippen MR) is 77.8 cm³/mol. The van der Waals surface area contributed by atoms with E-state index in [-0.39, 0.29) is 0 Å². The van der Waals surface area contributed by atoms with Gasteiger partial charge in [0.05, 0.1) is 21.4 Å². The van der Waals surface area contributed by atoms with Crippen LogP contribution < -0.4 is 5.73 Å². The van der Waals surface area contributed by atoms with Gasteiger partial charge in [-0.15, -0.1) is 0 Å². The van der Waals surface area contributed by atoms with Gasteiger partial charge in [0.2, 0.25) is 0 Å². The van der Waals surface area contributed by atoms with Crippen LogP contribution in [0.1, 0.15) is 30.7 Å². The maximum Gasteiger partial charge on any atom is 0.0860 e. The SMILES string of the molecule is Cc1nn(C)c(CN(CCC(N)=S)C2CC2)c1Cl. The highest BCUT2D eigenvalue weighted by Gasteiger charge is 2.30. The first-order valence-corrected chi connectivity index (χ1v) is 6.98. The Kier molecular flexibility index (Phi) is 4.25. The van der Waals surface area contributed by atoms with Crippen LogP contribution >= 0.6 is 23.8 Å². The lowest BCUT2D eigenvalue weighted by Crippen LogP contribution is -2.30. The average Bonchev–Trinajstić information content (AvgIpc) is 3.08. The molecule has 0 aromatic carbocycles. The molecule has 2 N–H and O–H groups in total. The van der Waals surface area contributed by atoms with Crippen molar-refractivity contribution in [1.29, 1.82) is 0 Å². The lowest BCUT2D eigenvalue weighted by molar-refractivity contribution is 0.255. The van der Waals surface area contributed by atoms with E-state index in [9.17, 15) is 0 Å². The van der Waals surface area contributed by atoms with Crippen molar-refractivity contribution in [2.45, 2.75) is 38.8 Å². The fourth-order valence-electron chi connectivity index (χ4n) is 2.13. The lowest BCUT2D eigenvalue weighted by atomic mass is 10.3. The number of thiocarbonyl (C=S) groups is 1. The van der Waals surface area contributed by atoms with Crippen LogP contribution in [0.3, 0.4) is 0 Å². The van der Waals surface area contributed by atoms with E-state index in [2.05, 4.69) is 10.00 Å². The molecule has 0 aliphatic heterocycles. The molecular weight excluding hydrogens is 268 g/mol. The van der Waals surface area contributed by atoms with E-state index in [4.69, 9.17) is 29.6 Å². The Morgan fingerprint density at radius 2 is 2.28 bits per heavy atom.